The quantitative estimate of drug-likeness (QED) is 0.177. The fourth-order valence-electron chi connectivity index (χ4n) is 5.42. The maximum atomic E-state index is 6.39. The normalized spacial score (nSPS) is 16.6. The van der Waals surface area contributed by atoms with Gasteiger partial charge in [-0.2, -0.15) is 0 Å². The molecule has 0 bridgehead atoms. The van der Waals surface area contributed by atoms with Gasteiger partial charge in [-0.3, -0.25) is 0 Å². The standard InChI is InChI=1S/C35H29BN2O2/c1-23-35(2,3)40-36(39-23)29-21-27(24-12-6-4-7-13-24)20-28(22-29)34-37-32(26-15-8-5-9-16-26)31-19-18-25-14-10-11-17-30(25)33(31)38-34/h4-23H,1-3H3. The Balaban J connectivity index is 1.49. The zero-order valence-corrected chi connectivity index (χ0v) is 22.8. The molecule has 1 aromatic heterocycles. The Labute approximate surface area is 234 Å². The van der Waals surface area contributed by atoms with Crippen LogP contribution in [0.15, 0.2) is 115 Å². The Morgan fingerprint density at radius 1 is 0.650 bits per heavy atom. The van der Waals surface area contributed by atoms with E-state index in [1.54, 1.807) is 0 Å². The SMILES string of the molecule is CC1OB(c2cc(-c3ccccc3)cc(-c3nc(-c4ccccc4)c4ccc5ccccc5c4n3)c2)OC1(C)C. The van der Waals surface area contributed by atoms with Gasteiger partial charge in [-0.25, -0.2) is 9.97 Å². The maximum absolute atomic E-state index is 6.39. The van der Waals surface area contributed by atoms with Crippen LogP contribution in [-0.4, -0.2) is 28.8 Å². The number of rotatable bonds is 4. The first-order chi connectivity index (χ1) is 19.5. The van der Waals surface area contributed by atoms with Gasteiger partial charge >= 0.3 is 7.12 Å². The molecule has 5 aromatic carbocycles. The van der Waals surface area contributed by atoms with Crippen LogP contribution in [-0.2, 0) is 9.31 Å². The molecular formula is C35H29BN2O2. The van der Waals surface area contributed by atoms with Crippen LogP contribution in [0.1, 0.15) is 20.8 Å². The van der Waals surface area contributed by atoms with E-state index in [0.29, 0.717) is 5.82 Å². The van der Waals surface area contributed by atoms with Crippen molar-refractivity contribution in [3.8, 4) is 33.8 Å². The number of benzene rings is 5. The summed E-state index contributed by atoms with van der Waals surface area (Å²) in [6.45, 7) is 6.21. The Hall–Kier alpha value is -4.32. The van der Waals surface area contributed by atoms with E-state index in [0.717, 1.165) is 55.1 Å². The van der Waals surface area contributed by atoms with Crippen LogP contribution >= 0.6 is 0 Å². The molecule has 0 spiro atoms. The minimum absolute atomic E-state index is 0.0331. The third-order valence-electron chi connectivity index (χ3n) is 7.95. The molecule has 0 N–H and O–H groups in total. The summed E-state index contributed by atoms with van der Waals surface area (Å²) in [6.07, 6.45) is -0.0331. The van der Waals surface area contributed by atoms with Crippen LogP contribution in [0.2, 0.25) is 0 Å². The fraction of sp³-hybridized carbons (Fsp3) is 0.143. The minimum Gasteiger partial charge on any atom is -0.402 e. The number of fused-ring (bicyclic) bond motifs is 3. The van der Waals surface area contributed by atoms with Gasteiger partial charge in [0.15, 0.2) is 5.82 Å². The number of nitrogens with zero attached hydrogens (tertiary/aromatic N) is 2. The van der Waals surface area contributed by atoms with Crippen molar-refractivity contribution in [2.45, 2.75) is 32.5 Å². The molecule has 40 heavy (non-hydrogen) atoms. The van der Waals surface area contributed by atoms with E-state index < -0.39 is 7.12 Å². The first kappa shape index (κ1) is 24.7. The number of hydrogen-bond acceptors (Lipinski definition) is 4. The highest BCUT2D eigenvalue weighted by atomic mass is 16.7. The molecule has 1 fully saturated rings. The molecule has 6 aromatic rings. The zero-order valence-electron chi connectivity index (χ0n) is 22.8. The molecule has 0 aliphatic carbocycles. The van der Waals surface area contributed by atoms with Gasteiger partial charge in [0.25, 0.3) is 0 Å². The zero-order chi connectivity index (χ0) is 27.3. The number of aromatic nitrogens is 2. The molecule has 1 aliphatic rings. The summed E-state index contributed by atoms with van der Waals surface area (Å²) in [5, 5.41) is 3.30. The molecule has 0 radical (unpaired) electrons. The molecule has 2 heterocycles. The van der Waals surface area contributed by atoms with Crippen LogP contribution in [0.3, 0.4) is 0 Å². The van der Waals surface area contributed by atoms with Crippen molar-refractivity contribution in [2.24, 2.45) is 0 Å². The molecule has 1 unspecified atom stereocenters. The van der Waals surface area contributed by atoms with E-state index in [-0.39, 0.29) is 11.7 Å². The van der Waals surface area contributed by atoms with Gasteiger partial charge in [0, 0.05) is 21.9 Å². The Morgan fingerprint density at radius 3 is 2.05 bits per heavy atom. The third-order valence-corrected chi connectivity index (χ3v) is 7.95. The van der Waals surface area contributed by atoms with Crippen LogP contribution in [0, 0.1) is 0 Å². The summed E-state index contributed by atoms with van der Waals surface area (Å²) in [7, 11) is -0.470. The van der Waals surface area contributed by atoms with Crippen LogP contribution in [0.4, 0.5) is 0 Å². The summed E-state index contributed by atoms with van der Waals surface area (Å²) in [5.74, 6) is 0.673. The van der Waals surface area contributed by atoms with Crippen molar-refractivity contribution in [1.82, 2.24) is 9.97 Å². The summed E-state index contributed by atoms with van der Waals surface area (Å²) in [6, 6.07) is 39.9. The van der Waals surface area contributed by atoms with Gasteiger partial charge in [-0.15, -0.1) is 0 Å². The first-order valence-electron chi connectivity index (χ1n) is 13.8. The van der Waals surface area contributed by atoms with E-state index in [1.165, 1.54) is 0 Å². The lowest BCUT2D eigenvalue weighted by atomic mass is 9.77. The monoisotopic (exact) mass is 520 g/mol. The van der Waals surface area contributed by atoms with E-state index in [1.807, 2.05) is 12.1 Å². The average molecular weight is 520 g/mol. The van der Waals surface area contributed by atoms with Gasteiger partial charge < -0.3 is 9.31 Å². The highest BCUT2D eigenvalue weighted by Crippen LogP contribution is 2.34. The first-order valence-corrected chi connectivity index (χ1v) is 13.8. The van der Waals surface area contributed by atoms with Crippen molar-refractivity contribution in [1.29, 1.82) is 0 Å². The molecule has 0 amide bonds. The Morgan fingerprint density at radius 2 is 1.32 bits per heavy atom. The lowest BCUT2D eigenvalue weighted by Crippen LogP contribution is -2.35. The number of hydrogen-bond donors (Lipinski definition) is 0. The summed E-state index contributed by atoms with van der Waals surface area (Å²) in [5.41, 5.74) is 6.60. The van der Waals surface area contributed by atoms with Gasteiger partial charge in [0.1, 0.15) is 0 Å². The lowest BCUT2D eigenvalue weighted by Gasteiger charge is -2.21. The third kappa shape index (κ3) is 4.38. The summed E-state index contributed by atoms with van der Waals surface area (Å²) in [4.78, 5) is 10.4. The van der Waals surface area contributed by atoms with Crippen LogP contribution in [0.5, 0.6) is 0 Å². The molecule has 0 saturated carbocycles. The highest BCUT2D eigenvalue weighted by Gasteiger charge is 2.44. The van der Waals surface area contributed by atoms with E-state index in [9.17, 15) is 0 Å². The van der Waals surface area contributed by atoms with E-state index in [2.05, 4.69) is 124 Å². The van der Waals surface area contributed by atoms with Gasteiger partial charge in [0.2, 0.25) is 0 Å². The minimum atomic E-state index is -0.470. The topological polar surface area (TPSA) is 44.2 Å². The Bertz CT molecular complexity index is 1850. The molecular weight excluding hydrogens is 491 g/mol. The molecule has 1 saturated heterocycles. The Kier molecular flexibility index (Phi) is 5.99. The molecule has 1 aliphatic heterocycles. The van der Waals surface area contributed by atoms with Crippen molar-refractivity contribution < 1.29 is 9.31 Å². The average Bonchev–Trinajstić information content (AvgIpc) is 3.28. The van der Waals surface area contributed by atoms with Crippen molar-refractivity contribution in [3.63, 3.8) is 0 Å². The van der Waals surface area contributed by atoms with E-state index in [4.69, 9.17) is 19.3 Å². The smallest absolute Gasteiger partial charge is 0.402 e. The predicted octanol–water partition coefficient (Wildman–Crippen LogP) is 7.69. The molecule has 1 atom stereocenters. The highest BCUT2D eigenvalue weighted by molar-refractivity contribution is 6.62. The summed E-state index contributed by atoms with van der Waals surface area (Å²) >= 11 is 0. The summed E-state index contributed by atoms with van der Waals surface area (Å²) < 4.78 is 12.7. The molecule has 5 heteroatoms. The second-order valence-corrected chi connectivity index (χ2v) is 11.0. The van der Waals surface area contributed by atoms with Crippen molar-refractivity contribution in [3.05, 3.63) is 115 Å². The fourth-order valence-corrected chi connectivity index (χ4v) is 5.42. The molecule has 4 nitrogen and oxygen atoms in total. The van der Waals surface area contributed by atoms with Gasteiger partial charge in [-0.05, 0) is 54.9 Å². The van der Waals surface area contributed by atoms with Crippen molar-refractivity contribution >= 4 is 34.3 Å². The molecule has 194 valence electrons. The maximum Gasteiger partial charge on any atom is 0.494 e. The van der Waals surface area contributed by atoms with Crippen LogP contribution < -0.4 is 5.46 Å². The van der Waals surface area contributed by atoms with Crippen LogP contribution in [0.25, 0.3) is 55.4 Å². The molecule has 7 rings (SSSR count). The lowest BCUT2D eigenvalue weighted by molar-refractivity contribution is 0.0842. The van der Waals surface area contributed by atoms with Gasteiger partial charge in [0.05, 0.1) is 22.9 Å². The van der Waals surface area contributed by atoms with Gasteiger partial charge in [-0.1, -0.05) is 103 Å². The largest absolute Gasteiger partial charge is 0.494 e. The second kappa shape index (κ2) is 9.70. The van der Waals surface area contributed by atoms with E-state index >= 15 is 0 Å². The van der Waals surface area contributed by atoms with Crippen molar-refractivity contribution in [2.75, 3.05) is 0 Å². The second-order valence-electron chi connectivity index (χ2n) is 11.0. The predicted molar refractivity (Wildman–Crippen MR) is 164 cm³/mol.